The Bertz CT molecular complexity index is 464. The molecule has 0 bridgehead atoms. The highest BCUT2D eigenvalue weighted by Crippen LogP contribution is 2.20. The second-order valence-electron chi connectivity index (χ2n) is 5.07. The molecule has 0 aromatic carbocycles. The van der Waals surface area contributed by atoms with Gasteiger partial charge >= 0.3 is 5.97 Å². The zero-order valence-corrected chi connectivity index (χ0v) is 11.3. The lowest BCUT2D eigenvalue weighted by molar-refractivity contribution is 0.0690. The minimum absolute atomic E-state index is 0.0100. The molecule has 0 aliphatic heterocycles. The first-order valence-corrected chi connectivity index (χ1v) is 5.73. The van der Waals surface area contributed by atoms with E-state index in [2.05, 4.69) is 16.5 Å². The second-order valence-corrected chi connectivity index (χ2v) is 5.07. The van der Waals surface area contributed by atoms with Crippen LogP contribution in [-0.4, -0.2) is 33.1 Å². The van der Waals surface area contributed by atoms with E-state index in [-0.39, 0.29) is 11.2 Å². The molecule has 0 atom stereocenters. The Balaban J connectivity index is 3.28. The molecule has 98 valence electrons. The van der Waals surface area contributed by atoms with Gasteiger partial charge in [0.2, 0.25) is 5.95 Å². The number of hydrogen-bond donors (Lipinski definition) is 1. The van der Waals surface area contributed by atoms with Crippen molar-refractivity contribution in [2.24, 2.45) is 0 Å². The molecule has 0 saturated carbocycles. The first kappa shape index (κ1) is 14.2. The molecule has 1 aromatic heterocycles. The maximum Gasteiger partial charge on any atom is 0.354 e. The summed E-state index contributed by atoms with van der Waals surface area (Å²) in [7, 11) is 0. The highest BCUT2D eigenvalue weighted by atomic mass is 16.4. The third-order valence-electron chi connectivity index (χ3n) is 2.42. The third-order valence-corrected chi connectivity index (χ3v) is 2.42. The van der Waals surface area contributed by atoms with Crippen molar-refractivity contribution >= 4 is 11.9 Å². The Hall–Kier alpha value is -1.91. The van der Waals surface area contributed by atoms with Crippen molar-refractivity contribution in [3.63, 3.8) is 0 Å². The maximum absolute atomic E-state index is 11.0. The van der Waals surface area contributed by atoms with E-state index in [0.717, 1.165) is 0 Å². The topological polar surface area (TPSA) is 66.3 Å². The van der Waals surface area contributed by atoms with Crippen molar-refractivity contribution in [1.82, 2.24) is 9.97 Å². The van der Waals surface area contributed by atoms with Crippen LogP contribution in [0.5, 0.6) is 0 Å². The summed E-state index contributed by atoms with van der Waals surface area (Å²) in [6.45, 7) is 12.1. The minimum atomic E-state index is -1.05. The van der Waals surface area contributed by atoms with Crippen LogP contribution in [0.1, 0.15) is 37.0 Å². The SMILES string of the molecule is C=CCN(c1nc(C)cc(C(=O)O)n1)C(C)(C)C. The van der Waals surface area contributed by atoms with Crippen LogP contribution in [0.25, 0.3) is 0 Å². The van der Waals surface area contributed by atoms with Crippen molar-refractivity contribution in [3.8, 4) is 0 Å². The Morgan fingerprint density at radius 2 is 2.11 bits per heavy atom. The second kappa shape index (κ2) is 5.16. The van der Waals surface area contributed by atoms with Gasteiger partial charge in [0.1, 0.15) is 0 Å². The van der Waals surface area contributed by atoms with Crippen LogP contribution < -0.4 is 4.90 Å². The number of aromatic nitrogens is 2. The summed E-state index contributed by atoms with van der Waals surface area (Å²) in [5, 5.41) is 9.02. The highest BCUT2D eigenvalue weighted by molar-refractivity contribution is 5.85. The number of carbonyl (C=O) groups is 1. The summed E-state index contributed by atoms with van der Waals surface area (Å²) in [6, 6.07) is 1.46. The molecule has 1 heterocycles. The van der Waals surface area contributed by atoms with E-state index >= 15 is 0 Å². The number of aromatic carboxylic acids is 1. The predicted molar refractivity (Wildman–Crippen MR) is 71.0 cm³/mol. The molecule has 0 spiro atoms. The Morgan fingerprint density at radius 3 is 2.56 bits per heavy atom. The van der Waals surface area contributed by atoms with Crippen LogP contribution in [0.4, 0.5) is 5.95 Å². The summed E-state index contributed by atoms with van der Waals surface area (Å²) in [4.78, 5) is 21.3. The van der Waals surface area contributed by atoms with E-state index < -0.39 is 5.97 Å². The number of hydrogen-bond acceptors (Lipinski definition) is 4. The summed E-state index contributed by atoms with van der Waals surface area (Å²) in [5.74, 6) is -0.631. The number of aryl methyl sites for hydroxylation is 1. The predicted octanol–water partition coefficient (Wildman–Crippen LogP) is 2.27. The van der Waals surface area contributed by atoms with Crippen molar-refractivity contribution in [2.45, 2.75) is 33.2 Å². The molecule has 0 fully saturated rings. The van der Waals surface area contributed by atoms with Gasteiger partial charge in [0.15, 0.2) is 5.69 Å². The zero-order chi connectivity index (χ0) is 13.9. The number of nitrogens with zero attached hydrogens (tertiary/aromatic N) is 3. The molecule has 1 rings (SSSR count). The van der Waals surface area contributed by atoms with Crippen LogP contribution in [0.3, 0.4) is 0 Å². The maximum atomic E-state index is 11.0. The van der Waals surface area contributed by atoms with Gasteiger partial charge in [0.05, 0.1) is 0 Å². The largest absolute Gasteiger partial charge is 0.477 e. The summed E-state index contributed by atoms with van der Waals surface area (Å²) in [5.41, 5.74) is 0.434. The van der Waals surface area contributed by atoms with Gasteiger partial charge in [-0.2, -0.15) is 0 Å². The third kappa shape index (κ3) is 3.29. The van der Waals surface area contributed by atoms with Crippen LogP contribution in [0, 0.1) is 6.92 Å². The van der Waals surface area contributed by atoms with Crippen molar-refractivity contribution in [1.29, 1.82) is 0 Å². The molecular formula is C13H19N3O2. The van der Waals surface area contributed by atoms with Crippen LogP contribution in [0.2, 0.25) is 0 Å². The van der Waals surface area contributed by atoms with Gasteiger partial charge < -0.3 is 10.0 Å². The fourth-order valence-electron chi connectivity index (χ4n) is 1.57. The lowest BCUT2D eigenvalue weighted by Crippen LogP contribution is -2.43. The van der Waals surface area contributed by atoms with Crippen LogP contribution >= 0.6 is 0 Å². The van der Waals surface area contributed by atoms with Gasteiger partial charge in [0.25, 0.3) is 0 Å². The average molecular weight is 249 g/mol. The number of carboxylic acid groups (broad SMARTS) is 1. The molecule has 0 radical (unpaired) electrons. The fraction of sp³-hybridized carbons (Fsp3) is 0.462. The molecule has 0 saturated heterocycles. The van der Waals surface area contributed by atoms with E-state index in [9.17, 15) is 4.79 Å². The van der Waals surface area contributed by atoms with E-state index in [1.807, 2.05) is 25.7 Å². The van der Waals surface area contributed by atoms with E-state index in [4.69, 9.17) is 5.11 Å². The number of rotatable bonds is 4. The van der Waals surface area contributed by atoms with Crippen molar-refractivity contribution in [2.75, 3.05) is 11.4 Å². The van der Waals surface area contributed by atoms with Gasteiger partial charge in [-0.1, -0.05) is 6.08 Å². The lowest BCUT2D eigenvalue weighted by Gasteiger charge is -2.35. The van der Waals surface area contributed by atoms with Gasteiger partial charge in [-0.15, -0.1) is 6.58 Å². The Labute approximate surface area is 107 Å². The molecule has 0 aliphatic rings. The molecule has 0 amide bonds. The Kier molecular flexibility index (Phi) is 4.06. The molecule has 0 aliphatic carbocycles. The van der Waals surface area contributed by atoms with Gasteiger partial charge in [-0.05, 0) is 33.8 Å². The fourth-order valence-corrected chi connectivity index (χ4v) is 1.57. The molecule has 5 nitrogen and oxygen atoms in total. The quantitative estimate of drug-likeness (QED) is 0.829. The van der Waals surface area contributed by atoms with Crippen molar-refractivity contribution < 1.29 is 9.90 Å². The zero-order valence-electron chi connectivity index (χ0n) is 11.3. The van der Waals surface area contributed by atoms with Gasteiger partial charge in [-0.3, -0.25) is 0 Å². The number of carboxylic acids is 1. The molecule has 1 N–H and O–H groups in total. The molecule has 5 heteroatoms. The molecule has 1 aromatic rings. The van der Waals surface area contributed by atoms with E-state index in [1.54, 1.807) is 13.0 Å². The smallest absolute Gasteiger partial charge is 0.354 e. The lowest BCUT2D eigenvalue weighted by atomic mass is 10.1. The van der Waals surface area contributed by atoms with E-state index in [0.29, 0.717) is 18.2 Å². The first-order chi connectivity index (χ1) is 8.25. The summed E-state index contributed by atoms with van der Waals surface area (Å²) >= 11 is 0. The van der Waals surface area contributed by atoms with Gasteiger partial charge in [-0.25, -0.2) is 14.8 Å². The van der Waals surface area contributed by atoms with Crippen LogP contribution in [-0.2, 0) is 0 Å². The summed E-state index contributed by atoms with van der Waals surface area (Å²) < 4.78 is 0. The molecular weight excluding hydrogens is 230 g/mol. The highest BCUT2D eigenvalue weighted by Gasteiger charge is 2.24. The Morgan fingerprint density at radius 1 is 1.50 bits per heavy atom. The monoisotopic (exact) mass is 249 g/mol. The molecule has 18 heavy (non-hydrogen) atoms. The average Bonchev–Trinajstić information content (AvgIpc) is 2.23. The minimum Gasteiger partial charge on any atom is -0.477 e. The normalized spacial score (nSPS) is 11.1. The molecule has 0 unspecified atom stereocenters. The standard InChI is InChI=1S/C13H19N3O2/c1-6-7-16(13(3,4)5)12-14-9(2)8-10(15-12)11(17)18/h6,8H,1,7H2,2-5H3,(H,17,18). The van der Waals surface area contributed by atoms with E-state index in [1.165, 1.54) is 6.07 Å². The number of anilines is 1. The first-order valence-electron chi connectivity index (χ1n) is 5.73. The summed E-state index contributed by atoms with van der Waals surface area (Å²) in [6.07, 6.45) is 1.75. The van der Waals surface area contributed by atoms with Crippen LogP contribution in [0.15, 0.2) is 18.7 Å². The van der Waals surface area contributed by atoms with Gasteiger partial charge in [0, 0.05) is 17.8 Å². The van der Waals surface area contributed by atoms with Crippen molar-refractivity contribution in [3.05, 3.63) is 30.1 Å².